The Morgan fingerprint density at radius 1 is 1.08 bits per heavy atom. The minimum Gasteiger partial charge on any atom is -0.350 e. The van der Waals surface area contributed by atoms with Gasteiger partial charge in [-0.3, -0.25) is 9.10 Å². The molecule has 2 aromatic carbocycles. The van der Waals surface area contributed by atoms with Gasteiger partial charge in [-0.1, -0.05) is 47.5 Å². The molecule has 0 radical (unpaired) electrons. The van der Waals surface area contributed by atoms with E-state index in [4.69, 9.17) is 23.2 Å². The number of nitrogens with one attached hydrogen (secondary N) is 1. The highest BCUT2D eigenvalue weighted by molar-refractivity contribution is 7.92. The molecule has 0 saturated heterocycles. The normalized spacial score (nSPS) is 11.1. The Labute approximate surface area is 151 Å². The lowest BCUT2D eigenvalue weighted by Gasteiger charge is -2.22. The Balaban J connectivity index is 2.08. The zero-order valence-corrected chi connectivity index (χ0v) is 15.2. The van der Waals surface area contributed by atoms with Gasteiger partial charge < -0.3 is 5.32 Å². The first kappa shape index (κ1) is 18.6. The van der Waals surface area contributed by atoms with Crippen molar-refractivity contribution in [3.8, 4) is 0 Å². The van der Waals surface area contributed by atoms with Crippen molar-refractivity contribution in [3.05, 3.63) is 64.1 Å². The summed E-state index contributed by atoms with van der Waals surface area (Å²) in [5, 5.41) is 3.54. The quantitative estimate of drug-likeness (QED) is 0.829. The molecule has 8 heteroatoms. The van der Waals surface area contributed by atoms with E-state index in [1.165, 1.54) is 0 Å². The van der Waals surface area contributed by atoms with Gasteiger partial charge in [0.1, 0.15) is 6.54 Å². The third-order valence-corrected chi connectivity index (χ3v) is 4.91. The highest BCUT2D eigenvalue weighted by atomic mass is 35.5. The molecule has 2 aromatic rings. The molecule has 0 saturated carbocycles. The fourth-order valence-electron chi connectivity index (χ4n) is 2.02. The molecule has 0 aliphatic heterocycles. The van der Waals surface area contributed by atoms with Gasteiger partial charge in [0.15, 0.2) is 0 Å². The van der Waals surface area contributed by atoms with Gasteiger partial charge in [0.2, 0.25) is 15.9 Å². The summed E-state index contributed by atoms with van der Waals surface area (Å²) in [6, 6.07) is 13.5. The van der Waals surface area contributed by atoms with Crippen molar-refractivity contribution in [3.63, 3.8) is 0 Å². The second kappa shape index (κ2) is 7.88. The van der Waals surface area contributed by atoms with Crippen molar-refractivity contribution in [1.29, 1.82) is 0 Å². The van der Waals surface area contributed by atoms with E-state index in [1.54, 1.807) is 48.5 Å². The number of hydrogen-bond acceptors (Lipinski definition) is 3. The number of carbonyl (C=O) groups is 1. The zero-order valence-electron chi connectivity index (χ0n) is 12.9. The SMILES string of the molecule is CS(=O)(=O)N(CC(=O)NCc1ccc(Cl)cc1)c1ccccc1Cl. The second-order valence-corrected chi connectivity index (χ2v) is 7.87. The highest BCUT2D eigenvalue weighted by Crippen LogP contribution is 2.26. The smallest absolute Gasteiger partial charge is 0.241 e. The predicted molar refractivity (Wildman–Crippen MR) is 96.9 cm³/mol. The number of hydrogen-bond donors (Lipinski definition) is 1. The molecule has 24 heavy (non-hydrogen) atoms. The molecule has 5 nitrogen and oxygen atoms in total. The van der Waals surface area contributed by atoms with Crippen molar-refractivity contribution in [2.75, 3.05) is 17.1 Å². The summed E-state index contributed by atoms with van der Waals surface area (Å²) < 4.78 is 25.0. The van der Waals surface area contributed by atoms with Gasteiger partial charge in [0.25, 0.3) is 0 Å². The van der Waals surface area contributed by atoms with Crippen molar-refractivity contribution in [1.82, 2.24) is 5.32 Å². The van der Waals surface area contributed by atoms with E-state index < -0.39 is 15.9 Å². The van der Waals surface area contributed by atoms with Crippen LogP contribution in [0.5, 0.6) is 0 Å². The average molecular weight is 387 g/mol. The number of nitrogens with zero attached hydrogens (tertiary/aromatic N) is 1. The van der Waals surface area contributed by atoms with Gasteiger partial charge >= 0.3 is 0 Å². The summed E-state index contributed by atoms with van der Waals surface area (Å²) in [4.78, 5) is 12.1. The fraction of sp³-hybridized carbons (Fsp3) is 0.188. The lowest BCUT2D eigenvalue weighted by atomic mass is 10.2. The first-order valence-electron chi connectivity index (χ1n) is 7.01. The van der Waals surface area contributed by atoms with Crippen LogP contribution in [-0.4, -0.2) is 27.1 Å². The first-order valence-corrected chi connectivity index (χ1v) is 9.61. The van der Waals surface area contributed by atoms with E-state index in [0.29, 0.717) is 5.02 Å². The maximum absolute atomic E-state index is 12.1. The third kappa shape index (κ3) is 5.12. The Morgan fingerprint density at radius 3 is 2.29 bits per heavy atom. The van der Waals surface area contributed by atoms with Crippen LogP contribution in [0.25, 0.3) is 0 Å². The van der Waals surface area contributed by atoms with Crippen molar-refractivity contribution in [2.24, 2.45) is 0 Å². The maximum atomic E-state index is 12.1. The standard InChI is InChI=1S/C16H16Cl2N2O3S/c1-24(22,23)20(15-5-3-2-4-14(15)18)11-16(21)19-10-12-6-8-13(17)9-7-12/h2-9H,10-11H2,1H3,(H,19,21). The minimum absolute atomic E-state index is 0.258. The Kier molecular flexibility index (Phi) is 6.10. The van der Waals surface area contributed by atoms with Crippen LogP contribution in [0.2, 0.25) is 10.0 Å². The van der Waals surface area contributed by atoms with Gasteiger partial charge in [-0.15, -0.1) is 0 Å². The van der Waals surface area contributed by atoms with Gasteiger partial charge in [0, 0.05) is 11.6 Å². The van der Waals surface area contributed by atoms with Gasteiger partial charge in [0.05, 0.1) is 17.0 Å². The molecule has 128 valence electrons. The molecule has 0 bridgehead atoms. The summed E-state index contributed by atoms with van der Waals surface area (Å²) in [7, 11) is -3.65. The number of anilines is 1. The number of amides is 1. The van der Waals surface area contributed by atoms with Crippen molar-refractivity contribution < 1.29 is 13.2 Å². The largest absolute Gasteiger partial charge is 0.350 e. The fourth-order valence-corrected chi connectivity index (χ4v) is 3.31. The van der Waals surface area contributed by atoms with Gasteiger partial charge in [-0.2, -0.15) is 0 Å². The number of benzene rings is 2. The van der Waals surface area contributed by atoms with E-state index in [0.717, 1.165) is 16.1 Å². The van der Waals surface area contributed by atoms with Crippen LogP contribution in [-0.2, 0) is 21.4 Å². The molecular weight excluding hydrogens is 371 g/mol. The van der Waals surface area contributed by atoms with Crippen LogP contribution in [0.1, 0.15) is 5.56 Å². The molecule has 2 rings (SSSR count). The van der Waals surface area contributed by atoms with Gasteiger partial charge in [-0.25, -0.2) is 8.42 Å². The molecule has 0 spiro atoms. The third-order valence-electron chi connectivity index (χ3n) is 3.21. The van der Waals surface area contributed by atoms with Gasteiger partial charge in [-0.05, 0) is 29.8 Å². The molecule has 0 fully saturated rings. The lowest BCUT2D eigenvalue weighted by Crippen LogP contribution is -2.40. The topological polar surface area (TPSA) is 66.5 Å². The van der Waals surface area contributed by atoms with Crippen molar-refractivity contribution in [2.45, 2.75) is 6.54 Å². The molecule has 0 atom stereocenters. The molecule has 1 N–H and O–H groups in total. The summed E-state index contributed by atoms with van der Waals surface area (Å²) >= 11 is 11.8. The van der Waals surface area contributed by atoms with Crippen LogP contribution in [0, 0.1) is 0 Å². The molecule has 0 aliphatic rings. The van der Waals surface area contributed by atoms with Crippen LogP contribution >= 0.6 is 23.2 Å². The number of carbonyl (C=O) groups excluding carboxylic acids is 1. The Morgan fingerprint density at radius 2 is 1.71 bits per heavy atom. The first-order chi connectivity index (χ1) is 11.3. The number of halogens is 2. The summed E-state index contributed by atoms with van der Waals surface area (Å²) in [6.07, 6.45) is 1.03. The molecule has 0 heterocycles. The van der Waals surface area contributed by atoms with Crippen molar-refractivity contribution >= 4 is 44.8 Å². The van der Waals surface area contributed by atoms with E-state index in [-0.39, 0.29) is 23.8 Å². The maximum Gasteiger partial charge on any atom is 0.241 e. The van der Waals surface area contributed by atoms with E-state index >= 15 is 0 Å². The second-order valence-electron chi connectivity index (χ2n) is 5.12. The van der Waals surface area contributed by atoms with Crippen LogP contribution in [0.15, 0.2) is 48.5 Å². The predicted octanol–water partition coefficient (Wildman–Crippen LogP) is 3.08. The molecule has 1 amide bonds. The Bertz CT molecular complexity index is 823. The lowest BCUT2D eigenvalue weighted by molar-refractivity contribution is -0.119. The monoisotopic (exact) mass is 386 g/mol. The summed E-state index contributed by atoms with van der Waals surface area (Å²) in [5.41, 5.74) is 1.12. The summed E-state index contributed by atoms with van der Waals surface area (Å²) in [5.74, 6) is -0.435. The van der Waals surface area contributed by atoms with Crippen LogP contribution in [0.4, 0.5) is 5.69 Å². The number of para-hydroxylation sites is 1. The Hall–Kier alpha value is -1.76. The molecular formula is C16H16Cl2N2O3S. The number of sulfonamides is 1. The summed E-state index contributed by atoms with van der Waals surface area (Å²) in [6.45, 7) is -0.0771. The van der Waals surface area contributed by atoms with E-state index in [2.05, 4.69) is 5.32 Å². The average Bonchev–Trinajstić information content (AvgIpc) is 2.52. The molecule has 0 aromatic heterocycles. The zero-order chi connectivity index (χ0) is 17.7. The van der Waals surface area contributed by atoms with E-state index in [1.807, 2.05) is 0 Å². The number of rotatable bonds is 6. The molecule has 0 unspecified atom stereocenters. The highest BCUT2D eigenvalue weighted by Gasteiger charge is 2.22. The van der Waals surface area contributed by atoms with E-state index in [9.17, 15) is 13.2 Å². The molecule has 0 aliphatic carbocycles. The minimum atomic E-state index is -3.65. The van der Waals surface area contributed by atoms with Crippen LogP contribution < -0.4 is 9.62 Å². The van der Waals surface area contributed by atoms with Crippen LogP contribution in [0.3, 0.4) is 0 Å².